The third-order valence-corrected chi connectivity index (χ3v) is 3.88. The number of nitrogens with one attached hydrogen (secondary N) is 1. The van der Waals surface area contributed by atoms with Crippen LogP contribution in [-0.4, -0.2) is 26.1 Å². The summed E-state index contributed by atoms with van der Waals surface area (Å²) in [6.45, 7) is 0. The van der Waals surface area contributed by atoms with Crippen LogP contribution >= 0.6 is 0 Å². The quantitative estimate of drug-likeness (QED) is 0.343. The SMILES string of the molecule is O=C(O)c1cnc2c(C(F)(F)F)cccc2c1Nc1cc([N+](=O)[O-])ccc1O. The topological polar surface area (TPSA) is 126 Å². The molecule has 1 heterocycles. The second-order valence-electron chi connectivity index (χ2n) is 5.64. The molecule has 3 rings (SSSR count). The number of halogens is 3. The van der Waals surface area contributed by atoms with Crippen LogP contribution in [0.25, 0.3) is 10.9 Å². The molecule has 28 heavy (non-hydrogen) atoms. The van der Waals surface area contributed by atoms with E-state index in [4.69, 9.17) is 0 Å². The number of carboxylic acids is 1. The number of aromatic hydroxyl groups is 1. The molecule has 0 fully saturated rings. The van der Waals surface area contributed by atoms with Gasteiger partial charge in [0, 0.05) is 23.7 Å². The lowest BCUT2D eigenvalue weighted by atomic mass is 10.0. The van der Waals surface area contributed by atoms with E-state index >= 15 is 0 Å². The Labute approximate surface area is 154 Å². The van der Waals surface area contributed by atoms with Crippen LogP contribution in [0.3, 0.4) is 0 Å². The molecule has 0 bridgehead atoms. The molecule has 144 valence electrons. The summed E-state index contributed by atoms with van der Waals surface area (Å²) in [5.74, 6) is -1.95. The van der Waals surface area contributed by atoms with Gasteiger partial charge in [0.2, 0.25) is 0 Å². The summed E-state index contributed by atoms with van der Waals surface area (Å²) in [6, 6.07) is 6.05. The highest BCUT2D eigenvalue weighted by atomic mass is 19.4. The maximum absolute atomic E-state index is 13.2. The number of alkyl halides is 3. The number of phenols is 1. The van der Waals surface area contributed by atoms with E-state index in [1.807, 2.05) is 0 Å². The van der Waals surface area contributed by atoms with Gasteiger partial charge in [0.25, 0.3) is 5.69 Å². The summed E-state index contributed by atoms with van der Waals surface area (Å²) in [4.78, 5) is 25.3. The predicted molar refractivity (Wildman–Crippen MR) is 91.7 cm³/mol. The number of nitrogens with zero attached hydrogens (tertiary/aromatic N) is 2. The smallest absolute Gasteiger partial charge is 0.418 e. The Morgan fingerprint density at radius 2 is 1.93 bits per heavy atom. The van der Waals surface area contributed by atoms with Crippen LogP contribution in [0.2, 0.25) is 0 Å². The van der Waals surface area contributed by atoms with E-state index in [9.17, 15) is 38.3 Å². The summed E-state index contributed by atoms with van der Waals surface area (Å²) in [6.07, 6.45) is -3.99. The average molecular weight is 393 g/mol. The molecule has 1 aromatic heterocycles. The predicted octanol–water partition coefficient (Wildman–Crippen LogP) is 4.31. The third kappa shape index (κ3) is 3.37. The third-order valence-electron chi connectivity index (χ3n) is 3.88. The number of carboxylic acid groups (broad SMARTS) is 1. The van der Waals surface area contributed by atoms with Crippen molar-refractivity contribution < 1.29 is 33.1 Å². The van der Waals surface area contributed by atoms with Gasteiger partial charge in [0.05, 0.1) is 27.4 Å². The zero-order chi connectivity index (χ0) is 20.6. The molecular formula is C17H10F3N3O5. The number of rotatable bonds is 4. The van der Waals surface area contributed by atoms with Gasteiger partial charge in [0.1, 0.15) is 11.3 Å². The van der Waals surface area contributed by atoms with E-state index in [1.54, 1.807) is 0 Å². The Morgan fingerprint density at radius 1 is 1.21 bits per heavy atom. The minimum absolute atomic E-state index is 0.180. The molecule has 0 atom stereocenters. The average Bonchev–Trinajstić information content (AvgIpc) is 2.61. The number of carbonyl (C=O) groups is 1. The van der Waals surface area contributed by atoms with Crippen molar-refractivity contribution >= 4 is 33.9 Å². The fraction of sp³-hybridized carbons (Fsp3) is 0.0588. The Bertz CT molecular complexity index is 1120. The van der Waals surface area contributed by atoms with E-state index in [2.05, 4.69) is 10.3 Å². The molecule has 0 amide bonds. The lowest BCUT2D eigenvalue weighted by Gasteiger charge is -2.16. The molecule has 0 spiro atoms. The molecule has 0 saturated heterocycles. The fourth-order valence-electron chi connectivity index (χ4n) is 2.62. The molecule has 0 aliphatic heterocycles. The number of para-hydroxylation sites is 1. The first-order chi connectivity index (χ1) is 13.1. The van der Waals surface area contributed by atoms with Crippen LogP contribution in [-0.2, 0) is 6.18 Å². The molecule has 0 unspecified atom stereocenters. The number of nitro groups is 1. The minimum Gasteiger partial charge on any atom is -0.506 e. The minimum atomic E-state index is -4.73. The first kappa shape index (κ1) is 18.9. The molecule has 3 aromatic rings. The van der Waals surface area contributed by atoms with E-state index in [1.165, 1.54) is 6.07 Å². The number of phenolic OH excluding ortho intramolecular Hbond substituents is 1. The lowest BCUT2D eigenvalue weighted by Crippen LogP contribution is -2.09. The summed E-state index contributed by atoms with van der Waals surface area (Å²) < 4.78 is 39.7. The molecule has 11 heteroatoms. The number of nitro benzene ring substituents is 1. The second-order valence-corrected chi connectivity index (χ2v) is 5.64. The van der Waals surface area contributed by atoms with Crippen molar-refractivity contribution in [2.45, 2.75) is 6.18 Å². The van der Waals surface area contributed by atoms with Gasteiger partial charge < -0.3 is 15.5 Å². The van der Waals surface area contributed by atoms with E-state index < -0.39 is 45.1 Å². The summed E-state index contributed by atoms with van der Waals surface area (Å²) >= 11 is 0. The van der Waals surface area contributed by atoms with Crippen molar-refractivity contribution in [3.8, 4) is 5.75 Å². The van der Waals surface area contributed by atoms with Gasteiger partial charge in [-0.2, -0.15) is 13.2 Å². The fourth-order valence-corrected chi connectivity index (χ4v) is 2.62. The maximum Gasteiger partial charge on any atom is 0.418 e. The summed E-state index contributed by atoms with van der Waals surface area (Å²) in [5, 5.41) is 32.5. The number of anilines is 2. The van der Waals surface area contributed by atoms with Crippen molar-refractivity contribution in [2.24, 2.45) is 0 Å². The van der Waals surface area contributed by atoms with Crippen LogP contribution < -0.4 is 5.32 Å². The zero-order valence-electron chi connectivity index (χ0n) is 13.7. The van der Waals surface area contributed by atoms with Crippen molar-refractivity contribution in [2.75, 3.05) is 5.32 Å². The molecule has 0 saturated carbocycles. The van der Waals surface area contributed by atoms with Gasteiger partial charge in [-0.05, 0) is 12.1 Å². The van der Waals surface area contributed by atoms with Crippen LogP contribution in [0.5, 0.6) is 5.75 Å². The van der Waals surface area contributed by atoms with Crippen molar-refractivity contribution in [3.05, 3.63) is 63.8 Å². The van der Waals surface area contributed by atoms with Gasteiger partial charge in [-0.25, -0.2) is 4.79 Å². The normalized spacial score (nSPS) is 11.4. The van der Waals surface area contributed by atoms with Gasteiger partial charge >= 0.3 is 12.1 Å². The van der Waals surface area contributed by atoms with Gasteiger partial charge in [0.15, 0.2) is 0 Å². The summed E-state index contributed by atoms with van der Waals surface area (Å²) in [7, 11) is 0. The Hall–Kier alpha value is -3.89. The van der Waals surface area contributed by atoms with Crippen LogP contribution in [0.4, 0.5) is 30.2 Å². The number of hydrogen-bond acceptors (Lipinski definition) is 6. The van der Waals surface area contributed by atoms with E-state index in [-0.39, 0.29) is 16.8 Å². The highest BCUT2D eigenvalue weighted by Gasteiger charge is 2.34. The Morgan fingerprint density at radius 3 is 2.54 bits per heavy atom. The highest BCUT2D eigenvalue weighted by Crippen LogP contribution is 2.39. The second kappa shape index (κ2) is 6.68. The monoisotopic (exact) mass is 393 g/mol. The Balaban J connectivity index is 2.27. The lowest BCUT2D eigenvalue weighted by molar-refractivity contribution is -0.384. The van der Waals surface area contributed by atoms with Crippen molar-refractivity contribution in [1.82, 2.24) is 4.98 Å². The number of aromatic nitrogens is 1. The zero-order valence-corrected chi connectivity index (χ0v) is 13.7. The largest absolute Gasteiger partial charge is 0.506 e. The summed E-state index contributed by atoms with van der Waals surface area (Å²) in [5.41, 5.74) is -3.01. The number of aromatic carboxylic acids is 1. The first-order valence-electron chi connectivity index (χ1n) is 7.56. The van der Waals surface area contributed by atoms with E-state index in [0.717, 1.165) is 36.5 Å². The molecule has 0 aliphatic rings. The number of non-ortho nitro benzene ring substituents is 1. The van der Waals surface area contributed by atoms with Crippen LogP contribution in [0.1, 0.15) is 15.9 Å². The maximum atomic E-state index is 13.2. The van der Waals surface area contributed by atoms with Crippen LogP contribution in [0.15, 0.2) is 42.6 Å². The van der Waals surface area contributed by atoms with Gasteiger partial charge in [-0.3, -0.25) is 15.1 Å². The van der Waals surface area contributed by atoms with Crippen LogP contribution in [0, 0.1) is 10.1 Å². The molecular weight excluding hydrogens is 383 g/mol. The molecule has 3 N–H and O–H groups in total. The first-order valence-corrected chi connectivity index (χ1v) is 7.56. The van der Waals surface area contributed by atoms with Crippen molar-refractivity contribution in [3.63, 3.8) is 0 Å². The standard InChI is InChI=1S/C17H10F3N3O5/c18-17(19,20)11-3-1-2-9-14(10(16(25)26)7-21-15(9)11)22-12-6-8(23(27)28)4-5-13(12)24/h1-7,24H,(H,21,22)(H,25,26). The van der Waals surface area contributed by atoms with Gasteiger partial charge in [-0.15, -0.1) is 0 Å². The Kier molecular flexibility index (Phi) is 4.51. The highest BCUT2D eigenvalue weighted by molar-refractivity contribution is 6.06. The molecule has 0 aliphatic carbocycles. The van der Waals surface area contributed by atoms with Gasteiger partial charge in [-0.1, -0.05) is 12.1 Å². The molecule has 0 radical (unpaired) electrons. The number of pyridine rings is 1. The number of fused-ring (bicyclic) bond motifs is 1. The van der Waals surface area contributed by atoms with Crippen molar-refractivity contribution in [1.29, 1.82) is 0 Å². The van der Waals surface area contributed by atoms with E-state index in [0.29, 0.717) is 0 Å². The molecule has 8 nitrogen and oxygen atoms in total. The molecule has 2 aromatic carbocycles. The number of hydrogen-bond donors (Lipinski definition) is 3. The number of benzene rings is 2.